The summed E-state index contributed by atoms with van der Waals surface area (Å²) in [5.74, 6) is 5.38. The largest absolute Gasteiger partial charge is 0.271 e. The van der Waals surface area contributed by atoms with Crippen LogP contribution in [0.3, 0.4) is 0 Å². The van der Waals surface area contributed by atoms with E-state index >= 15 is 0 Å². The molecule has 2 rings (SSSR count). The number of halogens is 2. The molecule has 0 heterocycles. The number of hydrogen-bond acceptors (Lipinski definition) is 2. The summed E-state index contributed by atoms with van der Waals surface area (Å²) in [6, 6.07) is 10.9. The monoisotopic (exact) mass is 336 g/mol. The number of hydrazine groups is 1. The second-order valence-corrected chi connectivity index (χ2v) is 5.93. The van der Waals surface area contributed by atoms with Crippen LogP contribution in [0.2, 0.25) is 0 Å². The van der Waals surface area contributed by atoms with Gasteiger partial charge in [0.1, 0.15) is 5.82 Å². The number of nitrogens with two attached hydrogens (primary N) is 1. The maximum absolute atomic E-state index is 14.0. The standard InChI is InChI=1S/C16H18BrFN2/c1-10-3-4-11(2)12(7-10)8-16(20-19)14-9-13(17)5-6-15(14)18/h3-7,9,16,20H,8,19H2,1-2H3. The van der Waals surface area contributed by atoms with Gasteiger partial charge in [0.2, 0.25) is 0 Å². The van der Waals surface area contributed by atoms with Crippen LogP contribution in [0.5, 0.6) is 0 Å². The van der Waals surface area contributed by atoms with Gasteiger partial charge in [-0.05, 0) is 49.6 Å². The molecule has 0 aliphatic heterocycles. The van der Waals surface area contributed by atoms with Crippen LogP contribution in [0.1, 0.15) is 28.3 Å². The van der Waals surface area contributed by atoms with Crippen molar-refractivity contribution < 1.29 is 4.39 Å². The maximum Gasteiger partial charge on any atom is 0.128 e. The molecule has 0 aliphatic rings. The van der Waals surface area contributed by atoms with Crippen molar-refractivity contribution in [3.05, 3.63) is 68.9 Å². The van der Waals surface area contributed by atoms with Crippen LogP contribution in [0, 0.1) is 19.7 Å². The smallest absolute Gasteiger partial charge is 0.128 e. The van der Waals surface area contributed by atoms with Crippen molar-refractivity contribution in [3.8, 4) is 0 Å². The third-order valence-corrected chi connectivity index (χ3v) is 3.96. The molecule has 2 aromatic rings. The van der Waals surface area contributed by atoms with E-state index in [0.29, 0.717) is 12.0 Å². The summed E-state index contributed by atoms with van der Waals surface area (Å²) >= 11 is 3.37. The quantitative estimate of drug-likeness (QED) is 0.655. The molecular weight excluding hydrogens is 319 g/mol. The molecule has 1 unspecified atom stereocenters. The van der Waals surface area contributed by atoms with E-state index in [1.54, 1.807) is 12.1 Å². The zero-order chi connectivity index (χ0) is 14.7. The van der Waals surface area contributed by atoms with Gasteiger partial charge in [-0.25, -0.2) is 4.39 Å². The normalized spacial score (nSPS) is 12.4. The van der Waals surface area contributed by atoms with Crippen molar-refractivity contribution in [1.29, 1.82) is 0 Å². The minimum absolute atomic E-state index is 0.249. The van der Waals surface area contributed by atoms with E-state index in [0.717, 1.165) is 4.47 Å². The highest BCUT2D eigenvalue weighted by atomic mass is 79.9. The third-order valence-electron chi connectivity index (χ3n) is 3.46. The summed E-state index contributed by atoms with van der Waals surface area (Å²) in [6.45, 7) is 4.10. The van der Waals surface area contributed by atoms with Crippen molar-refractivity contribution in [2.45, 2.75) is 26.3 Å². The van der Waals surface area contributed by atoms with Crippen molar-refractivity contribution in [1.82, 2.24) is 5.43 Å². The fourth-order valence-corrected chi connectivity index (χ4v) is 2.66. The van der Waals surface area contributed by atoms with Crippen LogP contribution in [0.25, 0.3) is 0 Å². The molecule has 20 heavy (non-hydrogen) atoms. The van der Waals surface area contributed by atoms with E-state index in [-0.39, 0.29) is 11.9 Å². The van der Waals surface area contributed by atoms with E-state index < -0.39 is 0 Å². The fraction of sp³-hybridized carbons (Fsp3) is 0.250. The fourth-order valence-electron chi connectivity index (χ4n) is 2.28. The van der Waals surface area contributed by atoms with E-state index in [9.17, 15) is 4.39 Å². The SMILES string of the molecule is Cc1ccc(C)c(CC(NN)c2cc(Br)ccc2F)c1. The van der Waals surface area contributed by atoms with Crippen LogP contribution in [0.15, 0.2) is 40.9 Å². The van der Waals surface area contributed by atoms with Crippen molar-refractivity contribution in [2.75, 3.05) is 0 Å². The molecule has 1 atom stereocenters. The summed E-state index contributed by atoms with van der Waals surface area (Å²) in [7, 11) is 0. The number of benzene rings is 2. The number of rotatable bonds is 4. The summed E-state index contributed by atoms with van der Waals surface area (Å²) in [4.78, 5) is 0. The average molecular weight is 337 g/mol. The van der Waals surface area contributed by atoms with Gasteiger partial charge in [-0.15, -0.1) is 0 Å². The zero-order valence-electron chi connectivity index (χ0n) is 11.6. The van der Waals surface area contributed by atoms with E-state index in [2.05, 4.69) is 46.5 Å². The van der Waals surface area contributed by atoms with Gasteiger partial charge in [-0.3, -0.25) is 11.3 Å². The Morgan fingerprint density at radius 3 is 2.65 bits per heavy atom. The highest BCUT2D eigenvalue weighted by Gasteiger charge is 2.16. The lowest BCUT2D eigenvalue weighted by atomic mass is 9.95. The van der Waals surface area contributed by atoms with E-state index in [4.69, 9.17) is 5.84 Å². The van der Waals surface area contributed by atoms with Gasteiger partial charge in [0.05, 0.1) is 6.04 Å². The Morgan fingerprint density at radius 2 is 1.95 bits per heavy atom. The number of aryl methyl sites for hydroxylation is 2. The third kappa shape index (κ3) is 3.45. The van der Waals surface area contributed by atoms with E-state index in [1.165, 1.54) is 22.8 Å². The highest BCUT2D eigenvalue weighted by Crippen LogP contribution is 2.25. The predicted octanol–water partition coefficient (Wildman–Crippen LogP) is 3.95. The van der Waals surface area contributed by atoms with Crippen LogP contribution in [-0.4, -0.2) is 0 Å². The Morgan fingerprint density at radius 1 is 1.20 bits per heavy atom. The molecule has 0 bridgehead atoms. The van der Waals surface area contributed by atoms with Crippen LogP contribution >= 0.6 is 15.9 Å². The lowest BCUT2D eigenvalue weighted by Crippen LogP contribution is -2.30. The molecule has 0 amide bonds. The molecule has 106 valence electrons. The molecule has 0 aliphatic carbocycles. The molecule has 0 radical (unpaired) electrons. The first kappa shape index (κ1) is 15.2. The average Bonchev–Trinajstić information content (AvgIpc) is 2.42. The van der Waals surface area contributed by atoms with Crippen LogP contribution in [0.4, 0.5) is 4.39 Å². The Hall–Kier alpha value is -1.23. The first-order chi connectivity index (χ1) is 9.51. The van der Waals surface area contributed by atoms with Crippen molar-refractivity contribution >= 4 is 15.9 Å². The Labute approximate surface area is 127 Å². The summed E-state index contributed by atoms with van der Waals surface area (Å²) in [5, 5.41) is 0. The minimum Gasteiger partial charge on any atom is -0.271 e. The minimum atomic E-state index is -0.256. The molecule has 0 saturated carbocycles. The Kier molecular flexibility index (Phi) is 4.91. The summed E-state index contributed by atoms with van der Waals surface area (Å²) < 4.78 is 14.8. The first-order valence-corrected chi connectivity index (χ1v) is 7.27. The van der Waals surface area contributed by atoms with Gasteiger partial charge >= 0.3 is 0 Å². The molecule has 0 fully saturated rings. The lowest BCUT2D eigenvalue weighted by molar-refractivity contribution is 0.509. The Balaban J connectivity index is 2.33. The van der Waals surface area contributed by atoms with E-state index in [1.807, 2.05) is 6.92 Å². The lowest BCUT2D eigenvalue weighted by Gasteiger charge is -2.19. The van der Waals surface area contributed by atoms with Crippen molar-refractivity contribution in [3.63, 3.8) is 0 Å². The molecule has 2 nitrogen and oxygen atoms in total. The van der Waals surface area contributed by atoms with Gasteiger partial charge in [0, 0.05) is 10.0 Å². The summed E-state index contributed by atoms with van der Waals surface area (Å²) in [6.07, 6.45) is 0.650. The molecule has 0 aromatic heterocycles. The molecule has 0 saturated heterocycles. The highest BCUT2D eigenvalue weighted by molar-refractivity contribution is 9.10. The molecule has 2 aromatic carbocycles. The topological polar surface area (TPSA) is 38.0 Å². The van der Waals surface area contributed by atoms with Crippen molar-refractivity contribution in [2.24, 2.45) is 5.84 Å². The molecule has 4 heteroatoms. The van der Waals surface area contributed by atoms with Gasteiger partial charge in [0.15, 0.2) is 0 Å². The number of hydrogen-bond donors (Lipinski definition) is 2. The maximum atomic E-state index is 14.0. The van der Waals surface area contributed by atoms with Gasteiger partial charge in [0.25, 0.3) is 0 Å². The second kappa shape index (κ2) is 6.48. The molecule has 3 N–H and O–H groups in total. The van der Waals surface area contributed by atoms with Crippen LogP contribution < -0.4 is 11.3 Å². The summed E-state index contributed by atoms with van der Waals surface area (Å²) in [5.41, 5.74) is 6.84. The van der Waals surface area contributed by atoms with Gasteiger partial charge < -0.3 is 0 Å². The zero-order valence-corrected chi connectivity index (χ0v) is 13.2. The van der Waals surface area contributed by atoms with Gasteiger partial charge in [-0.2, -0.15) is 0 Å². The Bertz CT molecular complexity index is 613. The molecular formula is C16H18BrFN2. The molecule has 0 spiro atoms. The van der Waals surface area contributed by atoms with Crippen LogP contribution in [-0.2, 0) is 6.42 Å². The van der Waals surface area contributed by atoms with Gasteiger partial charge in [-0.1, -0.05) is 39.7 Å². The first-order valence-electron chi connectivity index (χ1n) is 6.48. The second-order valence-electron chi connectivity index (χ2n) is 5.02. The number of nitrogens with one attached hydrogen (secondary N) is 1. The predicted molar refractivity (Wildman–Crippen MR) is 83.8 cm³/mol.